The van der Waals surface area contributed by atoms with Gasteiger partial charge in [0.05, 0.1) is 0 Å². The molecule has 0 aliphatic carbocycles. The molecule has 0 spiro atoms. The Morgan fingerprint density at radius 1 is 1.20 bits per heavy atom. The minimum atomic E-state index is -0.931. The average molecular weight is 235 g/mol. The molecule has 5 heavy (non-hydrogen) atoms. The molecule has 0 fully saturated rings. The van der Waals surface area contributed by atoms with E-state index in [1.807, 2.05) is 0 Å². The first-order valence-corrected chi connectivity index (χ1v) is 8.33. The molecule has 0 heterocycles. The normalized spacial score (nSPS) is 2.00. The maximum Gasteiger partial charge on any atom is 0 e. The molecule has 0 amide bonds. The van der Waals surface area contributed by atoms with Gasteiger partial charge in [0.1, 0.15) is 0 Å². The van der Waals surface area contributed by atoms with Gasteiger partial charge < -0.3 is 0 Å². The predicted octanol–water partition coefficient (Wildman–Crippen LogP) is 0.726. The molecular weight excluding hydrogens is 234 g/mol. The zero-order valence-electron chi connectivity index (χ0n) is 1.78. The summed E-state index contributed by atoms with van der Waals surface area (Å²) in [5, 5.41) is 0. The van der Waals surface area contributed by atoms with Crippen LogP contribution in [0.4, 0.5) is 0 Å². The smallest absolute Gasteiger partial charge is 0 e. The second-order valence-corrected chi connectivity index (χ2v) is 4.72. The van der Waals surface area contributed by atoms with Crippen LogP contribution in [0.2, 0.25) is 0 Å². The fourth-order valence-corrected chi connectivity index (χ4v) is 0. The minimum absolute atomic E-state index is 0. The van der Waals surface area contributed by atoms with Gasteiger partial charge >= 0.3 is 85.9 Å². The number of rotatable bonds is 0. The van der Waals surface area contributed by atoms with Crippen molar-refractivity contribution in [3.63, 3.8) is 0 Å². The van der Waals surface area contributed by atoms with Crippen LogP contribution in [0, 0.1) is 0 Å². The Hall–Kier alpha value is 3.33. The number of halogens is 2. The van der Waals surface area contributed by atoms with Gasteiger partial charge in [-0.05, 0) is 0 Å². The molecular formula is HCl2KNiZn. The van der Waals surface area contributed by atoms with Crippen molar-refractivity contribution in [3.8, 4) is 0 Å². The quantitative estimate of drug-likeness (QED) is 0.543. The first-order chi connectivity index (χ1) is 1.41. The van der Waals surface area contributed by atoms with E-state index < -0.39 is 15.1 Å². The van der Waals surface area contributed by atoms with Gasteiger partial charge in [-0.25, -0.2) is 0 Å². The van der Waals surface area contributed by atoms with Gasteiger partial charge in [-0.1, -0.05) is 0 Å². The van der Waals surface area contributed by atoms with Gasteiger partial charge in [0.25, 0.3) is 0 Å². The number of hydrogen-bond acceptors (Lipinski definition) is 0. The Kier molecular flexibility index (Phi) is 49.4. The van der Waals surface area contributed by atoms with Crippen LogP contribution >= 0.6 is 19.4 Å². The van der Waals surface area contributed by atoms with E-state index in [4.69, 9.17) is 19.4 Å². The van der Waals surface area contributed by atoms with Crippen molar-refractivity contribution in [1.82, 2.24) is 0 Å². The van der Waals surface area contributed by atoms with E-state index in [9.17, 15) is 0 Å². The topological polar surface area (TPSA) is 0 Å². The summed E-state index contributed by atoms with van der Waals surface area (Å²) in [6, 6.07) is 0. The molecule has 0 nitrogen and oxygen atoms in total. The van der Waals surface area contributed by atoms with Crippen molar-refractivity contribution in [3.05, 3.63) is 0 Å². The third kappa shape index (κ3) is 18.8. The average Bonchev–Trinajstić information content (AvgIpc) is 0.918. The van der Waals surface area contributed by atoms with Gasteiger partial charge in [0, 0.05) is 16.5 Å². The standard InChI is InChI=1S/2ClH.K.Ni.Zn.H/h2*1H;;;;/q;;;;+2;/p-2. The van der Waals surface area contributed by atoms with E-state index in [0.717, 1.165) is 0 Å². The summed E-state index contributed by atoms with van der Waals surface area (Å²) in [7, 11) is 9.90. The van der Waals surface area contributed by atoms with Gasteiger partial charge in [-0.2, -0.15) is 0 Å². The maximum absolute atomic E-state index is 4.95. The second-order valence-electron chi connectivity index (χ2n) is 0.101. The molecule has 0 unspecified atom stereocenters. The fraction of sp³-hybridized carbons (Fsp3) is 0. The second kappa shape index (κ2) is 15.7. The molecule has 0 N–H and O–H groups in total. The van der Waals surface area contributed by atoms with Crippen molar-refractivity contribution in [2.75, 3.05) is 0 Å². The van der Waals surface area contributed by atoms with Crippen LogP contribution in [0.1, 0.15) is 0 Å². The predicted molar refractivity (Wildman–Crippen MR) is 18.9 cm³/mol. The largest absolute Gasteiger partial charge is 0 e. The zero-order chi connectivity index (χ0) is 2.71. The Balaban J connectivity index is -0.0000000200. The molecule has 0 aromatic rings. The molecule has 0 radical (unpaired) electrons. The molecule has 0 aliphatic rings. The Morgan fingerprint density at radius 2 is 1.20 bits per heavy atom. The van der Waals surface area contributed by atoms with Gasteiger partial charge in [-0.3, -0.25) is 0 Å². The summed E-state index contributed by atoms with van der Waals surface area (Å²) in [5.74, 6) is 0. The summed E-state index contributed by atoms with van der Waals surface area (Å²) < 4.78 is 0. The molecule has 5 heteroatoms. The molecule has 28 valence electrons. The summed E-state index contributed by atoms with van der Waals surface area (Å²) in [6.07, 6.45) is 0. The molecule has 0 aromatic heterocycles. The Morgan fingerprint density at radius 3 is 1.20 bits per heavy atom. The van der Waals surface area contributed by atoms with Crippen LogP contribution in [-0.2, 0) is 31.6 Å². The van der Waals surface area contributed by atoms with Crippen molar-refractivity contribution < 1.29 is 31.6 Å². The van der Waals surface area contributed by atoms with Gasteiger partial charge in [0.15, 0.2) is 0 Å². The minimum Gasteiger partial charge on any atom is 0 e. The molecule has 0 aromatic carbocycles. The van der Waals surface area contributed by atoms with E-state index >= 15 is 0 Å². The van der Waals surface area contributed by atoms with Crippen molar-refractivity contribution in [2.45, 2.75) is 0 Å². The fourth-order valence-electron chi connectivity index (χ4n) is 0. The SMILES string of the molecule is [Cl][Zn][Cl].[KH].[Ni]. The third-order valence-corrected chi connectivity index (χ3v) is 0. The van der Waals surface area contributed by atoms with Crippen LogP contribution in [0.25, 0.3) is 0 Å². The van der Waals surface area contributed by atoms with Crippen LogP contribution in [0.5, 0.6) is 0 Å². The van der Waals surface area contributed by atoms with Crippen LogP contribution in [0.3, 0.4) is 0 Å². The molecule has 0 rings (SSSR count). The van der Waals surface area contributed by atoms with E-state index in [1.165, 1.54) is 0 Å². The Bertz CT molecular complexity index is 9.61. The van der Waals surface area contributed by atoms with Crippen LogP contribution < -0.4 is 0 Å². The first kappa shape index (κ1) is 15.8. The Labute approximate surface area is 99.8 Å². The number of hydrogen-bond donors (Lipinski definition) is 0. The van der Waals surface area contributed by atoms with E-state index in [0.29, 0.717) is 0 Å². The zero-order valence-corrected chi connectivity index (χ0v) is 7.25. The van der Waals surface area contributed by atoms with E-state index in [-0.39, 0.29) is 67.9 Å². The van der Waals surface area contributed by atoms with Crippen LogP contribution in [0.15, 0.2) is 0 Å². The summed E-state index contributed by atoms with van der Waals surface area (Å²) in [4.78, 5) is 0. The molecule has 0 aliphatic heterocycles. The molecule has 0 bridgehead atoms. The van der Waals surface area contributed by atoms with Gasteiger partial charge in [0.2, 0.25) is 0 Å². The molecule has 0 saturated carbocycles. The van der Waals surface area contributed by atoms with E-state index in [2.05, 4.69) is 0 Å². The van der Waals surface area contributed by atoms with Crippen LogP contribution in [-0.4, -0.2) is 51.4 Å². The summed E-state index contributed by atoms with van der Waals surface area (Å²) in [5.41, 5.74) is 0. The third-order valence-electron chi connectivity index (χ3n) is 0. The van der Waals surface area contributed by atoms with Crippen molar-refractivity contribution >= 4 is 70.8 Å². The van der Waals surface area contributed by atoms with Gasteiger partial charge in [-0.15, -0.1) is 0 Å². The monoisotopic (exact) mass is 232 g/mol. The first-order valence-electron chi connectivity index (χ1n) is 0.535. The van der Waals surface area contributed by atoms with E-state index in [1.54, 1.807) is 0 Å². The summed E-state index contributed by atoms with van der Waals surface area (Å²) in [6.45, 7) is 0. The molecule has 0 atom stereocenters. The summed E-state index contributed by atoms with van der Waals surface area (Å²) >= 11 is -0.931. The maximum atomic E-state index is 4.95. The van der Waals surface area contributed by atoms with Crippen molar-refractivity contribution in [2.24, 2.45) is 0 Å². The molecule has 0 saturated heterocycles. The van der Waals surface area contributed by atoms with Crippen molar-refractivity contribution in [1.29, 1.82) is 0 Å².